The molecule has 1 unspecified atom stereocenters. The normalized spacial score (nSPS) is 12.1. The molecule has 1 atom stereocenters. The van der Waals surface area contributed by atoms with Crippen molar-refractivity contribution < 1.29 is 14.3 Å². The number of nitrogens with one attached hydrogen (secondary N) is 1. The Hall–Kier alpha value is -1.69. The molecule has 5 nitrogen and oxygen atoms in total. The van der Waals surface area contributed by atoms with Gasteiger partial charge in [0.25, 0.3) is 5.91 Å². The fourth-order valence-electron chi connectivity index (χ4n) is 1.49. The average Bonchev–Trinajstić information content (AvgIpc) is 2.27. The van der Waals surface area contributed by atoms with E-state index in [4.69, 9.17) is 0 Å². The van der Waals surface area contributed by atoms with Gasteiger partial charge in [-0.1, -0.05) is 0 Å². The molecule has 0 aliphatic heterocycles. The molecule has 0 aliphatic carbocycles. The number of aliphatic hydroxyl groups is 1. The van der Waals surface area contributed by atoms with Crippen LogP contribution in [0.25, 0.3) is 0 Å². The minimum atomic E-state index is -0.636. The molecular weight excluding hydrogens is 225 g/mol. The van der Waals surface area contributed by atoms with Gasteiger partial charge in [-0.2, -0.15) is 0 Å². The lowest BCUT2D eigenvalue weighted by Crippen LogP contribution is -2.33. The van der Waals surface area contributed by atoms with Gasteiger partial charge in [0.2, 0.25) is 0 Å². The Kier molecular flexibility index (Phi) is 4.39. The summed E-state index contributed by atoms with van der Waals surface area (Å²) in [6.07, 6.45) is 0.403. The molecule has 0 radical (unpaired) electrons. The number of hydrogen-bond acceptors (Lipinski definition) is 4. The third-order valence-corrected chi connectivity index (χ3v) is 2.21. The fourth-order valence-corrected chi connectivity index (χ4v) is 1.49. The number of nitrogens with zero attached hydrogens (tertiary/aromatic N) is 2. The summed E-state index contributed by atoms with van der Waals surface area (Å²) in [5, 5.41) is 11.9. The van der Waals surface area contributed by atoms with E-state index >= 15 is 0 Å². The lowest BCUT2D eigenvalue weighted by atomic mass is 10.2. The Morgan fingerprint density at radius 3 is 2.88 bits per heavy atom. The Bertz CT molecular complexity index is 410. The minimum Gasteiger partial charge on any atom is -0.392 e. The summed E-state index contributed by atoms with van der Waals surface area (Å²) in [5.41, 5.74) is 0.149. The Balaban J connectivity index is 2.98. The first-order valence-corrected chi connectivity index (χ1v) is 5.22. The standard InChI is InChI=1S/C11H16FN3O2/c1-7(16)6-15(3)11(17)9-4-8(12)5-14-10(9)13-2/h4-5,7,16H,6H2,1-3H3,(H,13,14). The lowest BCUT2D eigenvalue weighted by Gasteiger charge is -2.19. The predicted octanol–water partition coefficient (Wildman–Crippen LogP) is 0.715. The molecule has 0 fully saturated rings. The zero-order valence-electron chi connectivity index (χ0n) is 10.1. The first-order valence-electron chi connectivity index (χ1n) is 5.22. The van der Waals surface area contributed by atoms with Crippen molar-refractivity contribution in [2.24, 2.45) is 0 Å². The SMILES string of the molecule is CNc1ncc(F)cc1C(=O)N(C)CC(C)O. The molecule has 1 heterocycles. The number of rotatable bonds is 4. The number of anilines is 1. The number of carbonyl (C=O) groups is 1. The highest BCUT2D eigenvalue weighted by Crippen LogP contribution is 2.15. The van der Waals surface area contributed by atoms with E-state index in [9.17, 15) is 14.3 Å². The smallest absolute Gasteiger partial charge is 0.257 e. The van der Waals surface area contributed by atoms with E-state index in [1.54, 1.807) is 21.0 Å². The van der Waals surface area contributed by atoms with Crippen LogP contribution in [-0.4, -0.2) is 47.6 Å². The van der Waals surface area contributed by atoms with E-state index in [0.717, 1.165) is 12.3 Å². The van der Waals surface area contributed by atoms with E-state index in [1.165, 1.54) is 4.90 Å². The number of likely N-dealkylation sites (N-methyl/N-ethyl adjacent to an activating group) is 1. The van der Waals surface area contributed by atoms with E-state index < -0.39 is 11.9 Å². The molecule has 0 aromatic carbocycles. The van der Waals surface area contributed by atoms with Crippen LogP contribution in [0.3, 0.4) is 0 Å². The Morgan fingerprint density at radius 1 is 1.71 bits per heavy atom. The second kappa shape index (κ2) is 5.58. The summed E-state index contributed by atoms with van der Waals surface area (Å²) in [6, 6.07) is 1.12. The topological polar surface area (TPSA) is 65.5 Å². The second-order valence-corrected chi connectivity index (χ2v) is 3.83. The van der Waals surface area contributed by atoms with Crippen molar-refractivity contribution in [3.05, 3.63) is 23.6 Å². The monoisotopic (exact) mass is 241 g/mol. The molecule has 1 rings (SSSR count). The predicted molar refractivity (Wildman–Crippen MR) is 62.4 cm³/mol. The molecule has 0 aliphatic rings. The van der Waals surface area contributed by atoms with Gasteiger partial charge in [-0.25, -0.2) is 9.37 Å². The number of hydrogen-bond donors (Lipinski definition) is 2. The molecule has 1 aromatic heterocycles. The second-order valence-electron chi connectivity index (χ2n) is 3.83. The van der Waals surface area contributed by atoms with Crippen molar-refractivity contribution in [1.29, 1.82) is 0 Å². The minimum absolute atomic E-state index is 0.149. The number of halogens is 1. The fraction of sp³-hybridized carbons (Fsp3) is 0.455. The molecule has 1 aromatic rings. The molecular formula is C11H16FN3O2. The van der Waals surface area contributed by atoms with Crippen molar-refractivity contribution in [1.82, 2.24) is 9.88 Å². The number of amides is 1. The maximum atomic E-state index is 13.1. The van der Waals surface area contributed by atoms with Crippen LogP contribution >= 0.6 is 0 Å². The zero-order valence-corrected chi connectivity index (χ0v) is 10.1. The number of aromatic nitrogens is 1. The Labute approximate surface area is 99.3 Å². The summed E-state index contributed by atoms with van der Waals surface area (Å²) in [5.74, 6) is -0.645. The van der Waals surface area contributed by atoms with E-state index in [-0.39, 0.29) is 18.0 Å². The van der Waals surface area contributed by atoms with E-state index in [1.807, 2.05) is 0 Å². The maximum Gasteiger partial charge on any atom is 0.257 e. The van der Waals surface area contributed by atoms with Crippen LogP contribution in [0.2, 0.25) is 0 Å². The van der Waals surface area contributed by atoms with Gasteiger partial charge in [-0.15, -0.1) is 0 Å². The van der Waals surface area contributed by atoms with Crippen LogP contribution in [-0.2, 0) is 0 Å². The van der Waals surface area contributed by atoms with Crippen molar-refractivity contribution in [3.8, 4) is 0 Å². The summed E-state index contributed by atoms with van der Waals surface area (Å²) in [4.78, 5) is 17.1. The number of aliphatic hydroxyl groups excluding tert-OH is 1. The highest BCUT2D eigenvalue weighted by Gasteiger charge is 2.18. The maximum absolute atomic E-state index is 13.1. The molecule has 0 spiro atoms. The first kappa shape index (κ1) is 13.4. The molecule has 0 bridgehead atoms. The van der Waals surface area contributed by atoms with Gasteiger partial charge in [0.1, 0.15) is 11.6 Å². The van der Waals surface area contributed by atoms with E-state index in [2.05, 4.69) is 10.3 Å². The van der Waals surface area contributed by atoms with Gasteiger partial charge in [0.15, 0.2) is 0 Å². The highest BCUT2D eigenvalue weighted by atomic mass is 19.1. The number of carbonyl (C=O) groups excluding carboxylic acids is 1. The van der Waals surface area contributed by atoms with Gasteiger partial charge in [-0.05, 0) is 13.0 Å². The van der Waals surface area contributed by atoms with Crippen LogP contribution in [0, 0.1) is 5.82 Å². The van der Waals surface area contributed by atoms with Crippen LogP contribution < -0.4 is 5.32 Å². The third kappa shape index (κ3) is 3.39. The largest absolute Gasteiger partial charge is 0.392 e. The lowest BCUT2D eigenvalue weighted by molar-refractivity contribution is 0.0704. The average molecular weight is 241 g/mol. The first-order chi connectivity index (χ1) is 7.95. The van der Waals surface area contributed by atoms with Gasteiger partial charge < -0.3 is 15.3 Å². The zero-order chi connectivity index (χ0) is 13.0. The van der Waals surface area contributed by atoms with Gasteiger partial charge in [0, 0.05) is 20.6 Å². The van der Waals surface area contributed by atoms with Crippen LogP contribution in [0.5, 0.6) is 0 Å². The van der Waals surface area contributed by atoms with Crippen LogP contribution in [0.15, 0.2) is 12.3 Å². The molecule has 6 heteroatoms. The van der Waals surface area contributed by atoms with Crippen LogP contribution in [0.1, 0.15) is 17.3 Å². The van der Waals surface area contributed by atoms with Gasteiger partial charge in [0.05, 0.1) is 17.9 Å². The van der Waals surface area contributed by atoms with Crippen LogP contribution in [0.4, 0.5) is 10.2 Å². The summed E-state index contributed by atoms with van der Waals surface area (Å²) in [6.45, 7) is 1.76. The van der Waals surface area contributed by atoms with Crippen molar-refractivity contribution >= 4 is 11.7 Å². The molecule has 94 valence electrons. The Morgan fingerprint density at radius 2 is 2.35 bits per heavy atom. The van der Waals surface area contributed by atoms with E-state index in [0.29, 0.717) is 5.82 Å². The van der Waals surface area contributed by atoms with Crippen molar-refractivity contribution in [2.75, 3.05) is 26.0 Å². The number of pyridine rings is 1. The molecule has 0 saturated carbocycles. The molecule has 1 amide bonds. The van der Waals surface area contributed by atoms with Crippen molar-refractivity contribution in [2.45, 2.75) is 13.0 Å². The van der Waals surface area contributed by atoms with Gasteiger partial charge in [-0.3, -0.25) is 4.79 Å². The molecule has 17 heavy (non-hydrogen) atoms. The molecule has 0 saturated heterocycles. The summed E-state index contributed by atoms with van der Waals surface area (Å²) >= 11 is 0. The third-order valence-electron chi connectivity index (χ3n) is 2.21. The summed E-state index contributed by atoms with van der Waals surface area (Å²) < 4.78 is 13.1. The quantitative estimate of drug-likeness (QED) is 0.815. The summed E-state index contributed by atoms with van der Waals surface area (Å²) in [7, 11) is 3.14. The van der Waals surface area contributed by atoms with Gasteiger partial charge >= 0.3 is 0 Å². The van der Waals surface area contributed by atoms with Crippen molar-refractivity contribution in [3.63, 3.8) is 0 Å². The molecule has 2 N–H and O–H groups in total. The highest BCUT2D eigenvalue weighted by molar-refractivity contribution is 5.98.